The summed E-state index contributed by atoms with van der Waals surface area (Å²) in [6.45, 7) is 5.94. The minimum absolute atomic E-state index is 0.326. The van der Waals surface area contributed by atoms with E-state index >= 15 is 0 Å². The van der Waals surface area contributed by atoms with Crippen LogP contribution in [-0.4, -0.2) is 5.11 Å². The quantitative estimate of drug-likeness (QED) is 0.435. The first kappa shape index (κ1) is 10.4. The smallest absolute Gasteiger partial charge is 0.121 e. The number of azide groups is 1. The van der Waals surface area contributed by atoms with Crippen molar-refractivity contribution in [2.24, 2.45) is 5.11 Å². The molecule has 0 radical (unpaired) electrons. The maximum Gasteiger partial charge on any atom is 0.121 e. The van der Waals surface area contributed by atoms with Gasteiger partial charge in [0.15, 0.2) is 0 Å². The predicted octanol–water partition coefficient (Wildman–Crippen LogP) is 3.13. The van der Waals surface area contributed by atoms with Crippen LogP contribution in [0.2, 0.25) is 0 Å². The molecule has 0 heterocycles. The Bertz CT molecular complexity index is 406. The Morgan fingerprint density at radius 2 is 2.00 bits per heavy atom. The van der Waals surface area contributed by atoms with E-state index in [1.807, 2.05) is 26.8 Å². The van der Waals surface area contributed by atoms with Crippen LogP contribution in [-0.2, 0) is 6.54 Å². The van der Waals surface area contributed by atoms with Gasteiger partial charge in [0.1, 0.15) is 5.75 Å². The van der Waals surface area contributed by atoms with Gasteiger partial charge in [0.25, 0.3) is 0 Å². The molecule has 0 atom stereocenters. The molecule has 0 saturated carbocycles. The molecule has 0 amide bonds. The standard InChI is InChI=1S/C10H13N3O/c1-6-4-9(5-12-13-11)7(2)8(3)10(6)14/h4,14H,5H2,1-3H3. The number of aryl methyl sites for hydroxylation is 1. The molecule has 0 aliphatic rings. The van der Waals surface area contributed by atoms with E-state index in [0.717, 1.165) is 22.3 Å². The van der Waals surface area contributed by atoms with Gasteiger partial charge in [-0.1, -0.05) is 11.2 Å². The highest BCUT2D eigenvalue weighted by molar-refractivity contribution is 5.47. The van der Waals surface area contributed by atoms with Gasteiger partial charge in [-0.05, 0) is 48.6 Å². The number of nitrogens with zero attached hydrogens (tertiary/aromatic N) is 3. The first-order valence-corrected chi connectivity index (χ1v) is 4.37. The number of aromatic hydroxyl groups is 1. The van der Waals surface area contributed by atoms with Crippen molar-refractivity contribution in [3.8, 4) is 5.75 Å². The lowest BCUT2D eigenvalue weighted by atomic mass is 9.99. The predicted molar refractivity (Wildman–Crippen MR) is 55.2 cm³/mol. The fourth-order valence-electron chi connectivity index (χ4n) is 1.42. The number of rotatable bonds is 2. The second-order valence-electron chi connectivity index (χ2n) is 3.34. The van der Waals surface area contributed by atoms with Crippen LogP contribution in [0, 0.1) is 20.8 Å². The summed E-state index contributed by atoms with van der Waals surface area (Å²) in [6, 6.07) is 1.85. The van der Waals surface area contributed by atoms with Crippen LogP contribution in [0.15, 0.2) is 11.2 Å². The lowest BCUT2D eigenvalue weighted by molar-refractivity contribution is 0.466. The summed E-state index contributed by atoms with van der Waals surface area (Å²) in [5.74, 6) is 0.326. The van der Waals surface area contributed by atoms with Crippen LogP contribution in [0.1, 0.15) is 22.3 Å². The molecule has 0 saturated heterocycles. The molecule has 0 aliphatic heterocycles. The molecule has 14 heavy (non-hydrogen) atoms. The van der Waals surface area contributed by atoms with Crippen molar-refractivity contribution in [3.63, 3.8) is 0 Å². The molecule has 0 bridgehead atoms. The van der Waals surface area contributed by atoms with Crippen molar-refractivity contribution in [2.75, 3.05) is 0 Å². The lowest BCUT2D eigenvalue weighted by Crippen LogP contribution is -1.93. The van der Waals surface area contributed by atoms with E-state index in [4.69, 9.17) is 5.53 Å². The maximum atomic E-state index is 9.63. The molecular weight excluding hydrogens is 178 g/mol. The zero-order chi connectivity index (χ0) is 10.7. The second kappa shape index (κ2) is 4.03. The fraction of sp³-hybridized carbons (Fsp3) is 0.400. The topological polar surface area (TPSA) is 69.0 Å². The van der Waals surface area contributed by atoms with Gasteiger partial charge in [0.2, 0.25) is 0 Å². The summed E-state index contributed by atoms with van der Waals surface area (Å²) in [6.07, 6.45) is 0. The van der Waals surface area contributed by atoms with Gasteiger partial charge in [-0.3, -0.25) is 0 Å². The van der Waals surface area contributed by atoms with E-state index in [0.29, 0.717) is 12.3 Å². The molecule has 0 aliphatic carbocycles. The fourth-order valence-corrected chi connectivity index (χ4v) is 1.42. The van der Waals surface area contributed by atoms with Gasteiger partial charge in [0.05, 0.1) is 6.54 Å². The van der Waals surface area contributed by atoms with E-state index in [1.54, 1.807) is 0 Å². The summed E-state index contributed by atoms with van der Waals surface area (Å²) < 4.78 is 0. The van der Waals surface area contributed by atoms with Gasteiger partial charge in [-0.15, -0.1) is 0 Å². The minimum Gasteiger partial charge on any atom is -0.507 e. The van der Waals surface area contributed by atoms with Crippen molar-refractivity contribution in [3.05, 3.63) is 38.8 Å². The van der Waals surface area contributed by atoms with Crippen LogP contribution in [0.5, 0.6) is 5.75 Å². The Kier molecular flexibility index (Phi) is 2.99. The SMILES string of the molecule is Cc1cc(CN=[N+]=[N-])c(C)c(C)c1O. The van der Waals surface area contributed by atoms with Crippen molar-refractivity contribution in [1.29, 1.82) is 0 Å². The summed E-state index contributed by atoms with van der Waals surface area (Å²) in [7, 11) is 0. The zero-order valence-corrected chi connectivity index (χ0v) is 8.57. The summed E-state index contributed by atoms with van der Waals surface area (Å²) >= 11 is 0. The molecule has 4 nitrogen and oxygen atoms in total. The molecule has 0 spiro atoms. The summed E-state index contributed by atoms with van der Waals surface area (Å²) in [4.78, 5) is 2.72. The number of phenols is 1. The van der Waals surface area contributed by atoms with Crippen molar-refractivity contribution < 1.29 is 5.11 Å². The molecule has 1 aromatic rings. The highest BCUT2D eigenvalue weighted by Crippen LogP contribution is 2.27. The molecule has 4 heteroatoms. The van der Waals surface area contributed by atoms with E-state index in [-0.39, 0.29) is 0 Å². The summed E-state index contributed by atoms with van der Waals surface area (Å²) in [5, 5.41) is 13.1. The van der Waals surface area contributed by atoms with Crippen LogP contribution in [0.4, 0.5) is 0 Å². The van der Waals surface area contributed by atoms with Crippen LogP contribution in [0.3, 0.4) is 0 Å². The first-order chi connectivity index (χ1) is 6.57. The lowest BCUT2D eigenvalue weighted by Gasteiger charge is -2.10. The Hall–Kier alpha value is -1.67. The van der Waals surface area contributed by atoms with Crippen molar-refractivity contribution in [2.45, 2.75) is 27.3 Å². The molecule has 1 aromatic carbocycles. The molecular formula is C10H13N3O. The average molecular weight is 191 g/mol. The Labute approximate surface area is 82.8 Å². The number of phenolic OH excluding ortho intramolecular Hbond substituents is 1. The molecule has 1 rings (SSSR count). The third-order valence-electron chi connectivity index (χ3n) is 2.47. The molecule has 1 N–H and O–H groups in total. The van der Waals surface area contributed by atoms with Gasteiger partial charge in [-0.25, -0.2) is 0 Å². The van der Waals surface area contributed by atoms with Crippen molar-refractivity contribution >= 4 is 0 Å². The third-order valence-corrected chi connectivity index (χ3v) is 2.47. The third kappa shape index (κ3) is 1.80. The van der Waals surface area contributed by atoms with E-state index in [9.17, 15) is 5.11 Å². The van der Waals surface area contributed by atoms with E-state index < -0.39 is 0 Å². The van der Waals surface area contributed by atoms with E-state index in [2.05, 4.69) is 10.0 Å². The normalized spacial score (nSPS) is 9.64. The minimum atomic E-state index is 0.326. The highest BCUT2D eigenvalue weighted by atomic mass is 16.3. The average Bonchev–Trinajstić information content (AvgIpc) is 2.18. The second-order valence-corrected chi connectivity index (χ2v) is 3.34. The Morgan fingerprint density at radius 3 is 2.57 bits per heavy atom. The summed E-state index contributed by atoms with van der Waals surface area (Å²) in [5.41, 5.74) is 11.8. The van der Waals surface area contributed by atoms with Gasteiger partial charge in [-0.2, -0.15) is 0 Å². The molecule has 0 unspecified atom stereocenters. The molecule has 74 valence electrons. The van der Waals surface area contributed by atoms with Gasteiger partial charge in [0, 0.05) is 4.91 Å². The Morgan fingerprint density at radius 1 is 1.36 bits per heavy atom. The number of hydrogen-bond donors (Lipinski definition) is 1. The zero-order valence-electron chi connectivity index (χ0n) is 8.57. The van der Waals surface area contributed by atoms with Crippen LogP contribution >= 0.6 is 0 Å². The highest BCUT2D eigenvalue weighted by Gasteiger charge is 2.07. The van der Waals surface area contributed by atoms with Gasteiger partial charge < -0.3 is 5.11 Å². The van der Waals surface area contributed by atoms with Crippen LogP contribution in [0.25, 0.3) is 10.4 Å². The molecule has 0 aromatic heterocycles. The largest absolute Gasteiger partial charge is 0.507 e. The maximum absolute atomic E-state index is 9.63. The monoisotopic (exact) mass is 191 g/mol. The van der Waals surface area contributed by atoms with Crippen molar-refractivity contribution in [1.82, 2.24) is 0 Å². The first-order valence-electron chi connectivity index (χ1n) is 4.37. The van der Waals surface area contributed by atoms with Crippen LogP contribution < -0.4 is 0 Å². The van der Waals surface area contributed by atoms with Gasteiger partial charge >= 0.3 is 0 Å². The molecule has 0 fully saturated rings. The number of hydrogen-bond acceptors (Lipinski definition) is 2. The van der Waals surface area contributed by atoms with E-state index in [1.165, 1.54) is 0 Å². The number of benzene rings is 1. The Balaban J connectivity index is 3.25.